The fraction of sp³-hybridized carbons (Fsp3) is 1.00. The van der Waals surface area contributed by atoms with E-state index in [1.165, 1.54) is 0 Å². The Morgan fingerprint density at radius 1 is 1.33 bits per heavy atom. The predicted molar refractivity (Wildman–Crippen MR) is 41.9 cm³/mol. The van der Waals surface area contributed by atoms with Crippen LogP contribution in [0.25, 0.3) is 0 Å². The van der Waals surface area contributed by atoms with E-state index in [2.05, 4.69) is 4.72 Å². The van der Waals surface area contributed by atoms with Crippen LogP contribution < -0.4 is 4.72 Å². The van der Waals surface area contributed by atoms with Gasteiger partial charge in [-0.25, -0.2) is 13.1 Å². The van der Waals surface area contributed by atoms with Crippen LogP contribution in [0.1, 0.15) is 12.8 Å². The van der Waals surface area contributed by atoms with Gasteiger partial charge in [-0.05, 0) is 24.7 Å². The Hall–Kier alpha value is -0.130. The van der Waals surface area contributed by atoms with Gasteiger partial charge in [-0.1, -0.05) is 0 Å². The first kappa shape index (κ1) is 7.29. The normalized spacial score (nSPS) is 59.6. The fourth-order valence-electron chi connectivity index (χ4n) is 3.06. The lowest BCUT2D eigenvalue weighted by molar-refractivity contribution is 0.0970. The summed E-state index contributed by atoms with van der Waals surface area (Å²) in [6, 6.07) is -0.168. The molecular weight excluding hydrogens is 178 g/mol. The maximum atomic E-state index is 11.4. The quantitative estimate of drug-likeness (QED) is 0.516. The van der Waals surface area contributed by atoms with Crippen molar-refractivity contribution in [2.45, 2.75) is 30.2 Å². The number of aliphatic hydroxyl groups is 1. The number of rotatable bonds is 0. The maximum Gasteiger partial charge on any atom is 0.215 e. The third kappa shape index (κ3) is 0.639. The first-order valence-electron chi connectivity index (χ1n) is 4.29. The lowest BCUT2D eigenvalue weighted by Gasteiger charge is -2.20. The number of hydrogen-bond donors (Lipinski definition) is 2. The first-order valence-corrected chi connectivity index (χ1v) is 5.83. The number of fused-ring (bicyclic) bond motifs is 1. The van der Waals surface area contributed by atoms with E-state index in [-0.39, 0.29) is 23.1 Å². The molecule has 2 N–H and O–H groups in total. The van der Waals surface area contributed by atoms with E-state index < -0.39 is 16.1 Å². The Bertz CT molecular complexity index is 326. The van der Waals surface area contributed by atoms with Crippen molar-refractivity contribution in [1.29, 1.82) is 0 Å². The lowest BCUT2D eigenvalue weighted by Crippen LogP contribution is -2.38. The predicted octanol–water partition coefficient (Wildman–Crippen LogP) is -0.943. The molecule has 0 aromatic heterocycles. The summed E-state index contributed by atoms with van der Waals surface area (Å²) in [5.74, 6) is 0.421. The minimum atomic E-state index is -3.07. The Morgan fingerprint density at radius 2 is 2.08 bits per heavy atom. The monoisotopic (exact) mass is 189 g/mol. The smallest absolute Gasteiger partial charge is 0.215 e. The zero-order chi connectivity index (χ0) is 8.51. The van der Waals surface area contributed by atoms with Crippen molar-refractivity contribution in [1.82, 2.24) is 4.72 Å². The first-order chi connectivity index (χ1) is 5.59. The van der Waals surface area contributed by atoms with Crippen LogP contribution in [0.3, 0.4) is 0 Å². The van der Waals surface area contributed by atoms with Gasteiger partial charge in [0.05, 0.1) is 17.4 Å². The molecule has 0 spiro atoms. The summed E-state index contributed by atoms with van der Waals surface area (Å²) in [7, 11) is -3.07. The third-order valence-corrected chi connectivity index (χ3v) is 5.54. The Labute approximate surface area is 71.0 Å². The van der Waals surface area contributed by atoms with E-state index in [1.807, 2.05) is 0 Å². The van der Waals surface area contributed by atoms with Gasteiger partial charge < -0.3 is 5.11 Å². The molecule has 4 nitrogen and oxygen atoms in total. The molecule has 2 bridgehead atoms. The summed E-state index contributed by atoms with van der Waals surface area (Å²) >= 11 is 0. The van der Waals surface area contributed by atoms with Gasteiger partial charge in [0.1, 0.15) is 0 Å². The summed E-state index contributed by atoms with van der Waals surface area (Å²) < 4.78 is 25.4. The van der Waals surface area contributed by atoms with Gasteiger partial charge in [0.25, 0.3) is 0 Å². The second-order valence-corrected chi connectivity index (χ2v) is 6.04. The van der Waals surface area contributed by atoms with Gasteiger partial charge in [-0.3, -0.25) is 0 Å². The van der Waals surface area contributed by atoms with E-state index in [4.69, 9.17) is 0 Å². The Kier molecular flexibility index (Phi) is 1.13. The zero-order valence-corrected chi connectivity index (χ0v) is 7.29. The molecule has 68 valence electrons. The van der Waals surface area contributed by atoms with Crippen molar-refractivity contribution >= 4 is 10.0 Å². The maximum absolute atomic E-state index is 11.4. The highest BCUT2D eigenvalue weighted by Gasteiger charge is 2.62. The largest absolute Gasteiger partial charge is 0.391 e. The number of sulfonamides is 1. The molecule has 1 saturated heterocycles. The number of aliphatic hydroxyl groups excluding tert-OH is 1. The van der Waals surface area contributed by atoms with Crippen LogP contribution in [0, 0.1) is 11.8 Å². The molecule has 1 aliphatic heterocycles. The Balaban J connectivity index is 2.11. The molecule has 2 saturated carbocycles. The molecule has 3 fully saturated rings. The highest BCUT2D eigenvalue weighted by Crippen LogP contribution is 2.51. The van der Waals surface area contributed by atoms with E-state index >= 15 is 0 Å². The molecule has 2 aliphatic carbocycles. The van der Waals surface area contributed by atoms with Crippen molar-refractivity contribution in [2.75, 3.05) is 0 Å². The molecule has 12 heavy (non-hydrogen) atoms. The van der Waals surface area contributed by atoms with E-state index in [0.29, 0.717) is 6.42 Å². The zero-order valence-electron chi connectivity index (χ0n) is 6.47. The number of hydrogen-bond acceptors (Lipinski definition) is 3. The fourth-order valence-corrected chi connectivity index (χ4v) is 5.17. The molecule has 5 heteroatoms. The SMILES string of the molecule is O=S1(=O)N[C@@H]2[C@@H](O)[C@H]3C[C@H]2[C@H]1C3. The average Bonchev–Trinajstić information content (AvgIpc) is 2.54. The van der Waals surface area contributed by atoms with Crippen LogP contribution in [-0.2, 0) is 10.0 Å². The molecule has 0 unspecified atom stereocenters. The summed E-state index contributed by atoms with van der Waals surface area (Å²) in [6.45, 7) is 0. The van der Waals surface area contributed by atoms with E-state index in [1.54, 1.807) is 0 Å². The molecule has 0 radical (unpaired) electrons. The van der Waals surface area contributed by atoms with Gasteiger partial charge in [0, 0.05) is 0 Å². The van der Waals surface area contributed by atoms with Gasteiger partial charge in [0.15, 0.2) is 0 Å². The summed E-state index contributed by atoms with van der Waals surface area (Å²) in [5, 5.41) is 9.41. The third-order valence-electron chi connectivity index (χ3n) is 3.60. The van der Waals surface area contributed by atoms with Crippen molar-refractivity contribution in [3.05, 3.63) is 0 Å². The minimum absolute atomic E-state index is 0.168. The summed E-state index contributed by atoms with van der Waals surface area (Å²) in [4.78, 5) is 0. The standard InChI is InChI=1S/C7H11NO3S/c9-7-3-1-4-5(2-3)12(10,11)8-6(4)7/h3-9H,1-2H2/t3-,4-,5+,6-,7-/m0/s1. The van der Waals surface area contributed by atoms with Crippen molar-refractivity contribution in [3.63, 3.8) is 0 Å². The van der Waals surface area contributed by atoms with Crippen molar-refractivity contribution in [3.8, 4) is 0 Å². The van der Waals surface area contributed by atoms with Crippen LogP contribution >= 0.6 is 0 Å². The highest BCUT2D eigenvalue weighted by molar-refractivity contribution is 7.90. The highest BCUT2D eigenvalue weighted by atomic mass is 32.2. The second kappa shape index (κ2) is 1.86. The van der Waals surface area contributed by atoms with E-state index in [9.17, 15) is 13.5 Å². The molecule has 0 amide bonds. The molecule has 0 aromatic carbocycles. The van der Waals surface area contributed by atoms with Crippen molar-refractivity contribution in [2.24, 2.45) is 11.8 Å². The second-order valence-electron chi connectivity index (χ2n) is 4.11. The van der Waals surface area contributed by atoms with Gasteiger partial charge in [-0.15, -0.1) is 0 Å². The number of nitrogens with one attached hydrogen (secondary N) is 1. The lowest BCUT2D eigenvalue weighted by atomic mass is 9.93. The molecular formula is C7H11NO3S. The van der Waals surface area contributed by atoms with Crippen LogP contribution in [0.15, 0.2) is 0 Å². The average molecular weight is 189 g/mol. The van der Waals surface area contributed by atoms with Crippen LogP contribution in [0.4, 0.5) is 0 Å². The van der Waals surface area contributed by atoms with Gasteiger partial charge >= 0.3 is 0 Å². The summed E-state index contributed by atoms with van der Waals surface area (Å²) in [6.07, 6.45) is 1.13. The molecule has 5 atom stereocenters. The van der Waals surface area contributed by atoms with Crippen LogP contribution in [0.5, 0.6) is 0 Å². The van der Waals surface area contributed by atoms with E-state index in [0.717, 1.165) is 6.42 Å². The van der Waals surface area contributed by atoms with Gasteiger partial charge in [0.2, 0.25) is 10.0 Å². The molecule has 3 rings (SSSR count). The molecule has 1 heterocycles. The molecule has 3 aliphatic rings. The van der Waals surface area contributed by atoms with Crippen molar-refractivity contribution < 1.29 is 13.5 Å². The topological polar surface area (TPSA) is 66.4 Å². The Morgan fingerprint density at radius 3 is 2.67 bits per heavy atom. The van der Waals surface area contributed by atoms with Gasteiger partial charge in [-0.2, -0.15) is 0 Å². The van der Waals surface area contributed by atoms with Crippen LogP contribution in [0.2, 0.25) is 0 Å². The molecule has 0 aromatic rings. The van der Waals surface area contributed by atoms with Crippen LogP contribution in [-0.4, -0.2) is 30.9 Å². The summed E-state index contributed by atoms with van der Waals surface area (Å²) in [5.41, 5.74) is 0. The minimum Gasteiger partial charge on any atom is -0.391 e.